The molecule has 0 bridgehead atoms. The second-order valence-corrected chi connectivity index (χ2v) is 7.59. The fourth-order valence-corrected chi connectivity index (χ4v) is 4.27. The van der Waals surface area contributed by atoms with Gasteiger partial charge >= 0.3 is 0 Å². The molecule has 6 heteroatoms. The molecule has 1 aromatic heterocycles. The van der Waals surface area contributed by atoms with E-state index < -0.39 is 0 Å². The molecule has 138 valence electrons. The molecule has 2 saturated heterocycles. The highest BCUT2D eigenvalue weighted by atomic mass is 16.5. The van der Waals surface area contributed by atoms with Crippen molar-refractivity contribution in [3.8, 4) is 0 Å². The first-order valence-corrected chi connectivity index (χ1v) is 9.34. The van der Waals surface area contributed by atoms with E-state index in [0.29, 0.717) is 18.9 Å². The number of rotatable bonds is 5. The zero-order chi connectivity index (χ0) is 17.9. The number of methoxy groups -OCH3 is 1. The van der Waals surface area contributed by atoms with Gasteiger partial charge < -0.3 is 14.5 Å². The van der Waals surface area contributed by atoms with Crippen molar-refractivity contribution in [1.29, 1.82) is 0 Å². The largest absolute Gasteiger partial charge is 0.385 e. The molecule has 0 saturated carbocycles. The molecule has 0 unspecified atom stereocenters. The molecule has 0 aliphatic carbocycles. The van der Waals surface area contributed by atoms with E-state index in [1.54, 1.807) is 13.4 Å². The summed E-state index contributed by atoms with van der Waals surface area (Å²) in [4.78, 5) is 25.6. The van der Waals surface area contributed by atoms with Crippen molar-refractivity contribution in [2.24, 2.45) is 5.41 Å². The lowest BCUT2D eigenvalue weighted by atomic mass is 9.73. The maximum atomic E-state index is 12.3. The molecular formula is C19H30N4O2. The molecule has 2 fully saturated rings. The van der Waals surface area contributed by atoms with Gasteiger partial charge in [-0.05, 0) is 39.5 Å². The summed E-state index contributed by atoms with van der Waals surface area (Å²) >= 11 is 0. The van der Waals surface area contributed by atoms with Crippen molar-refractivity contribution in [1.82, 2.24) is 14.9 Å². The van der Waals surface area contributed by atoms with Crippen molar-refractivity contribution in [3.63, 3.8) is 0 Å². The molecular weight excluding hydrogens is 316 g/mol. The number of nitrogens with zero attached hydrogens (tertiary/aromatic N) is 4. The number of anilines is 1. The lowest BCUT2D eigenvalue weighted by Crippen LogP contribution is -2.54. The lowest BCUT2D eigenvalue weighted by molar-refractivity contribution is -0.138. The summed E-state index contributed by atoms with van der Waals surface area (Å²) in [5, 5.41) is 0. The van der Waals surface area contributed by atoms with Gasteiger partial charge in [0.05, 0.1) is 0 Å². The first-order chi connectivity index (χ1) is 12.0. The number of ether oxygens (including phenoxy) is 1. The van der Waals surface area contributed by atoms with Crippen LogP contribution in [-0.2, 0) is 9.53 Å². The Hall–Kier alpha value is -1.69. The summed E-state index contributed by atoms with van der Waals surface area (Å²) in [7, 11) is 1.71. The number of carbonyl (C=O) groups is 1. The van der Waals surface area contributed by atoms with Crippen molar-refractivity contribution in [3.05, 3.63) is 17.6 Å². The summed E-state index contributed by atoms with van der Waals surface area (Å²) < 4.78 is 5.14. The third-order valence-electron chi connectivity index (χ3n) is 5.80. The summed E-state index contributed by atoms with van der Waals surface area (Å²) in [5.41, 5.74) is 2.41. The van der Waals surface area contributed by atoms with E-state index in [2.05, 4.69) is 26.7 Å². The van der Waals surface area contributed by atoms with E-state index in [-0.39, 0.29) is 5.41 Å². The van der Waals surface area contributed by atoms with Gasteiger partial charge in [0.1, 0.15) is 12.1 Å². The highest BCUT2D eigenvalue weighted by Crippen LogP contribution is 2.40. The highest BCUT2D eigenvalue weighted by molar-refractivity contribution is 5.77. The van der Waals surface area contributed by atoms with E-state index in [4.69, 9.17) is 4.74 Å². The van der Waals surface area contributed by atoms with Crippen LogP contribution in [0, 0.1) is 19.3 Å². The summed E-state index contributed by atoms with van der Waals surface area (Å²) in [6.07, 6.45) is 6.59. The second kappa shape index (κ2) is 7.68. The monoisotopic (exact) mass is 346 g/mol. The summed E-state index contributed by atoms with van der Waals surface area (Å²) in [5.74, 6) is 1.36. The van der Waals surface area contributed by atoms with Crippen LogP contribution in [0.3, 0.4) is 0 Å². The molecule has 25 heavy (non-hydrogen) atoms. The second-order valence-electron chi connectivity index (χ2n) is 7.59. The SMILES string of the molecule is COCCCN1C[C@@]2(CCCN(c3ncnc(C)c3C)C2)CCC1=O. The van der Waals surface area contributed by atoms with Crippen molar-refractivity contribution in [2.45, 2.75) is 46.0 Å². The lowest BCUT2D eigenvalue weighted by Gasteiger charge is -2.48. The number of piperidine rings is 2. The highest BCUT2D eigenvalue weighted by Gasteiger charge is 2.42. The Labute approximate surface area is 150 Å². The van der Waals surface area contributed by atoms with Gasteiger partial charge in [0.25, 0.3) is 0 Å². The van der Waals surface area contributed by atoms with Crippen LogP contribution in [0.4, 0.5) is 5.82 Å². The van der Waals surface area contributed by atoms with Crippen LogP contribution in [0.25, 0.3) is 0 Å². The Morgan fingerprint density at radius 2 is 2.08 bits per heavy atom. The first kappa shape index (κ1) is 18.1. The average Bonchev–Trinajstić information content (AvgIpc) is 2.61. The van der Waals surface area contributed by atoms with E-state index in [1.807, 2.05) is 6.92 Å². The number of hydrogen-bond donors (Lipinski definition) is 0. The maximum Gasteiger partial charge on any atom is 0.222 e. The Bertz CT molecular complexity index is 621. The fraction of sp³-hybridized carbons (Fsp3) is 0.737. The van der Waals surface area contributed by atoms with Gasteiger partial charge in [-0.25, -0.2) is 9.97 Å². The number of aryl methyl sites for hydroxylation is 1. The smallest absolute Gasteiger partial charge is 0.222 e. The maximum absolute atomic E-state index is 12.3. The molecule has 6 nitrogen and oxygen atoms in total. The fourth-order valence-electron chi connectivity index (χ4n) is 4.27. The first-order valence-electron chi connectivity index (χ1n) is 9.34. The molecule has 1 amide bonds. The third-order valence-corrected chi connectivity index (χ3v) is 5.80. The number of amides is 1. The van der Waals surface area contributed by atoms with Crippen LogP contribution < -0.4 is 4.90 Å². The van der Waals surface area contributed by atoms with E-state index in [0.717, 1.165) is 57.0 Å². The van der Waals surface area contributed by atoms with Gasteiger partial charge in [-0.3, -0.25) is 4.79 Å². The molecule has 2 aliphatic heterocycles. The van der Waals surface area contributed by atoms with E-state index in [1.165, 1.54) is 12.0 Å². The van der Waals surface area contributed by atoms with Gasteiger partial charge in [0.2, 0.25) is 5.91 Å². The average molecular weight is 346 g/mol. The molecule has 0 N–H and O–H groups in total. The summed E-state index contributed by atoms with van der Waals surface area (Å²) in [6.45, 7) is 8.55. The standard InChI is InChI=1S/C19H30N4O2/c1-15-16(2)20-14-21-18(15)23-9-4-7-19(13-23)8-6-17(24)22(12-19)10-5-11-25-3/h14H,4-13H2,1-3H3/t19-/m1/s1. The third kappa shape index (κ3) is 3.94. The molecule has 1 aromatic rings. The number of aromatic nitrogens is 2. The molecule has 1 atom stereocenters. The zero-order valence-corrected chi connectivity index (χ0v) is 15.8. The van der Waals surface area contributed by atoms with E-state index in [9.17, 15) is 4.79 Å². The van der Waals surface area contributed by atoms with Gasteiger partial charge in [0, 0.05) is 63.0 Å². The minimum Gasteiger partial charge on any atom is -0.385 e. The minimum atomic E-state index is 0.199. The van der Waals surface area contributed by atoms with Crippen molar-refractivity contribution >= 4 is 11.7 Å². The van der Waals surface area contributed by atoms with Crippen LogP contribution in [0.15, 0.2) is 6.33 Å². The van der Waals surface area contributed by atoms with Crippen LogP contribution in [0.1, 0.15) is 43.4 Å². The zero-order valence-electron chi connectivity index (χ0n) is 15.8. The Morgan fingerprint density at radius 3 is 2.88 bits per heavy atom. The minimum absolute atomic E-state index is 0.199. The van der Waals surface area contributed by atoms with Crippen LogP contribution in [0.5, 0.6) is 0 Å². The van der Waals surface area contributed by atoms with Crippen molar-refractivity contribution < 1.29 is 9.53 Å². The molecule has 3 heterocycles. The Balaban J connectivity index is 1.73. The number of hydrogen-bond acceptors (Lipinski definition) is 5. The normalized spacial score (nSPS) is 24.2. The number of carbonyl (C=O) groups excluding carboxylic acids is 1. The van der Waals surface area contributed by atoms with Gasteiger partial charge in [-0.15, -0.1) is 0 Å². The van der Waals surface area contributed by atoms with E-state index >= 15 is 0 Å². The predicted octanol–water partition coefficient (Wildman–Crippen LogP) is 2.34. The molecule has 1 spiro atoms. The summed E-state index contributed by atoms with van der Waals surface area (Å²) in [6, 6.07) is 0. The Kier molecular flexibility index (Phi) is 5.57. The van der Waals surface area contributed by atoms with Crippen LogP contribution in [-0.4, -0.2) is 60.7 Å². The van der Waals surface area contributed by atoms with Gasteiger partial charge in [0.15, 0.2) is 0 Å². The molecule has 0 radical (unpaired) electrons. The van der Waals surface area contributed by atoms with Crippen molar-refractivity contribution in [2.75, 3.05) is 44.8 Å². The number of likely N-dealkylation sites (tertiary alicyclic amines) is 1. The van der Waals surface area contributed by atoms with Gasteiger partial charge in [-0.2, -0.15) is 0 Å². The van der Waals surface area contributed by atoms with Gasteiger partial charge in [-0.1, -0.05) is 0 Å². The van der Waals surface area contributed by atoms with Crippen LogP contribution >= 0.6 is 0 Å². The molecule has 0 aromatic carbocycles. The van der Waals surface area contributed by atoms with Crippen LogP contribution in [0.2, 0.25) is 0 Å². The molecule has 3 rings (SSSR count). The molecule has 2 aliphatic rings. The Morgan fingerprint density at radius 1 is 1.24 bits per heavy atom. The predicted molar refractivity (Wildman–Crippen MR) is 97.7 cm³/mol. The quantitative estimate of drug-likeness (QED) is 0.766. The topological polar surface area (TPSA) is 58.6 Å².